The SMILES string of the molecule is CN1CCC(NC(=O)C2CCc3c([nH]c4c(C(N)=O)cccc34)C2)CC1. The van der Waals surface area contributed by atoms with Crippen LogP contribution in [0.25, 0.3) is 10.9 Å². The normalized spacial score (nSPS) is 21.5. The maximum atomic E-state index is 12.7. The fraction of sp³-hybridized carbons (Fsp3) is 0.500. The van der Waals surface area contributed by atoms with E-state index in [9.17, 15) is 9.59 Å². The number of aryl methyl sites for hydroxylation is 1. The van der Waals surface area contributed by atoms with Crippen LogP contribution in [0.15, 0.2) is 18.2 Å². The quantitative estimate of drug-likeness (QED) is 0.781. The van der Waals surface area contributed by atoms with Gasteiger partial charge >= 0.3 is 0 Å². The van der Waals surface area contributed by atoms with Gasteiger partial charge in [-0.2, -0.15) is 0 Å². The molecule has 4 N–H and O–H groups in total. The molecule has 26 heavy (non-hydrogen) atoms. The molecule has 2 amide bonds. The number of fused-ring (bicyclic) bond motifs is 3. The van der Waals surface area contributed by atoms with Gasteiger partial charge in [0.05, 0.1) is 11.1 Å². The number of aromatic nitrogens is 1. The van der Waals surface area contributed by atoms with Gasteiger partial charge in [-0.05, 0) is 63.9 Å². The first-order valence-corrected chi connectivity index (χ1v) is 9.44. The molecule has 6 nitrogen and oxygen atoms in total. The molecule has 1 atom stereocenters. The number of nitrogens with one attached hydrogen (secondary N) is 2. The minimum absolute atomic E-state index is 0.00718. The van der Waals surface area contributed by atoms with E-state index in [-0.39, 0.29) is 11.8 Å². The number of benzene rings is 1. The Morgan fingerprint density at radius 2 is 2.00 bits per heavy atom. The molecular weight excluding hydrogens is 328 g/mol. The monoisotopic (exact) mass is 354 g/mol. The molecule has 2 aliphatic rings. The van der Waals surface area contributed by atoms with Gasteiger partial charge in [0.2, 0.25) is 5.91 Å². The number of aromatic amines is 1. The van der Waals surface area contributed by atoms with E-state index in [0.717, 1.165) is 55.4 Å². The lowest BCUT2D eigenvalue weighted by molar-refractivity contribution is -0.126. The van der Waals surface area contributed by atoms with Crippen LogP contribution in [0, 0.1) is 5.92 Å². The number of likely N-dealkylation sites (tertiary alicyclic amines) is 1. The van der Waals surface area contributed by atoms with Gasteiger partial charge in [-0.1, -0.05) is 12.1 Å². The fourth-order valence-corrected chi connectivity index (χ4v) is 4.36. The second-order valence-electron chi connectivity index (χ2n) is 7.70. The number of nitrogens with zero attached hydrogens (tertiary/aromatic N) is 1. The average Bonchev–Trinajstić information content (AvgIpc) is 3.01. The van der Waals surface area contributed by atoms with Crippen molar-refractivity contribution in [2.24, 2.45) is 11.7 Å². The molecule has 2 aromatic rings. The molecule has 1 aromatic heterocycles. The van der Waals surface area contributed by atoms with E-state index in [0.29, 0.717) is 18.0 Å². The van der Waals surface area contributed by atoms with E-state index < -0.39 is 5.91 Å². The van der Waals surface area contributed by atoms with E-state index >= 15 is 0 Å². The number of hydrogen-bond acceptors (Lipinski definition) is 3. The van der Waals surface area contributed by atoms with E-state index in [2.05, 4.69) is 22.2 Å². The van der Waals surface area contributed by atoms with E-state index in [4.69, 9.17) is 5.73 Å². The molecule has 0 saturated carbocycles. The molecule has 1 aliphatic heterocycles. The molecule has 1 fully saturated rings. The molecular formula is C20H26N4O2. The minimum atomic E-state index is -0.425. The number of amides is 2. The molecule has 1 aliphatic carbocycles. The predicted molar refractivity (Wildman–Crippen MR) is 101 cm³/mol. The molecule has 0 radical (unpaired) electrons. The smallest absolute Gasteiger partial charge is 0.250 e. The van der Waals surface area contributed by atoms with Gasteiger partial charge in [-0.3, -0.25) is 9.59 Å². The summed E-state index contributed by atoms with van der Waals surface area (Å²) < 4.78 is 0. The van der Waals surface area contributed by atoms with Crippen LogP contribution in [0.2, 0.25) is 0 Å². The lowest BCUT2D eigenvalue weighted by Crippen LogP contribution is -2.46. The molecule has 6 heteroatoms. The van der Waals surface area contributed by atoms with Crippen molar-refractivity contribution in [1.29, 1.82) is 0 Å². The summed E-state index contributed by atoms with van der Waals surface area (Å²) in [5, 5.41) is 4.31. The summed E-state index contributed by atoms with van der Waals surface area (Å²) in [6.07, 6.45) is 4.44. The Labute approximate surface area is 153 Å². The molecule has 2 heterocycles. The van der Waals surface area contributed by atoms with Crippen molar-refractivity contribution in [3.63, 3.8) is 0 Å². The maximum absolute atomic E-state index is 12.7. The number of nitrogens with two attached hydrogens (primary N) is 1. The van der Waals surface area contributed by atoms with Crippen molar-refractivity contribution >= 4 is 22.7 Å². The highest BCUT2D eigenvalue weighted by Gasteiger charge is 2.29. The third kappa shape index (κ3) is 3.09. The topological polar surface area (TPSA) is 91.2 Å². The first-order valence-electron chi connectivity index (χ1n) is 9.44. The highest BCUT2D eigenvalue weighted by molar-refractivity contribution is 6.06. The third-order valence-electron chi connectivity index (χ3n) is 5.92. The zero-order valence-corrected chi connectivity index (χ0v) is 15.2. The van der Waals surface area contributed by atoms with Crippen LogP contribution in [0.3, 0.4) is 0 Å². The van der Waals surface area contributed by atoms with Crippen LogP contribution in [-0.2, 0) is 17.6 Å². The molecule has 4 rings (SSSR count). The summed E-state index contributed by atoms with van der Waals surface area (Å²) in [7, 11) is 2.12. The Kier molecular flexibility index (Phi) is 4.44. The number of primary amides is 1. The Hall–Kier alpha value is -2.34. The van der Waals surface area contributed by atoms with Gasteiger partial charge in [0.1, 0.15) is 0 Å². The molecule has 1 saturated heterocycles. The van der Waals surface area contributed by atoms with Crippen LogP contribution < -0.4 is 11.1 Å². The van der Waals surface area contributed by atoms with Crippen LogP contribution in [0.5, 0.6) is 0 Å². The maximum Gasteiger partial charge on any atom is 0.250 e. The second-order valence-corrected chi connectivity index (χ2v) is 7.70. The number of rotatable bonds is 3. The molecule has 1 unspecified atom stereocenters. The molecule has 0 spiro atoms. The van der Waals surface area contributed by atoms with Crippen molar-refractivity contribution in [3.8, 4) is 0 Å². The van der Waals surface area contributed by atoms with Gasteiger partial charge in [0, 0.05) is 23.0 Å². The fourth-order valence-electron chi connectivity index (χ4n) is 4.36. The Balaban J connectivity index is 1.51. The lowest BCUT2D eigenvalue weighted by atomic mass is 9.86. The lowest BCUT2D eigenvalue weighted by Gasteiger charge is -2.31. The number of H-pyrrole nitrogens is 1. The number of para-hydroxylation sites is 1. The summed E-state index contributed by atoms with van der Waals surface area (Å²) in [6, 6.07) is 5.94. The third-order valence-corrected chi connectivity index (χ3v) is 5.92. The summed E-state index contributed by atoms with van der Waals surface area (Å²) in [6.45, 7) is 2.08. The largest absolute Gasteiger partial charge is 0.366 e. The van der Waals surface area contributed by atoms with Crippen LogP contribution in [-0.4, -0.2) is 47.9 Å². The van der Waals surface area contributed by atoms with Crippen molar-refractivity contribution < 1.29 is 9.59 Å². The zero-order chi connectivity index (χ0) is 18.3. The van der Waals surface area contributed by atoms with Crippen molar-refractivity contribution in [1.82, 2.24) is 15.2 Å². The van der Waals surface area contributed by atoms with Crippen LogP contribution in [0.1, 0.15) is 40.9 Å². The Morgan fingerprint density at radius 1 is 1.23 bits per heavy atom. The summed E-state index contributed by atoms with van der Waals surface area (Å²) in [4.78, 5) is 30.1. The highest BCUT2D eigenvalue weighted by Crippen LogP contribution is 2.33. The zero-order valence-electron chi connectivity index (χ0n) is 15.2. The van der Waals surface area contributed by atoms with Crippen LogP contribution >= 0.6 is 0 Å². The van der Waals surface area contributed by atoms with Gasteiger partial charge in [0.15, 0.2) is 0 Å². The molecule has 0 bridgehead atoms. The summed E-state index contributed by atoms with van der Waals surface area (Å²) >= 11 is 0. The number of hydrogen-bond donors (Lipinski definition) is 3. The Morgan fingerprint density at radius 3 is 2.73 bits per heavy atom. The predicted octanol–water partition coefficient (Wildman–Crippen LogP) is 1.58. The molecule has 1 aromatic carbocycles. The van der Waals surface area contributed by atoms with Crippen LogP contribution in [0.4, 0.5) is 0 Å². The minimum Gasteiger partial charge on any atom is -0.366 e. The Bertz CT molecular complexity index is 849. The highest BCUT2D eigenvalue weighted by atomic mass is 16.2. The van der Waals surface area contributed by atoms with Crippen molar-refractivity contribution in [2.75, 3.05) is 20.1 Å². The first-order chi connectivity index (χ1) is 12.5. The van der Waals surface area contributed by atoms with Gasteiger partial charge < -0.3 is 20.9 Å². The van der Waals surface area contributed by atoms with Gasteiger partial charge in [-0.25, -0.2) is 0 Å². The standard InChI is InChI=1S/C20H26N4O2/c1-24-9-7-13(8-10-24)22-20(26)12-5-6-14-15-3-2-4-16(19(21)25)18(15)23-17(14)11-12/h2-4,12-13,23H,5-11H2,1H3,(H2,21,25)(H,22,26). The second kappa shape index (κ2) is 6.76. The van der Waals surface area contributed by atoms with Gasteiger partial charge in [-0.15, -0.1) is 0 Å². The number of piperidine rings is 1. The summed E-state index contributed by atoms with van der Waals surface area (Å²) in [5.41, 5.74) is 9.13. The van der Waals surface area contributed by atoms with Crippen molar-refractivity contribution in [2.45, 2.75) is 38.1 Å². The van der Waals surface area contributed by atoms with Gasteiger partial charge in [0.25, 0.3) is 5.91 Å². The van der Waals surface area contributed by atoms with E-state index in [1.165, 1.54) is 5.56 Å². The summed E-state index contributed by atoms with van der Waals surface area (Å²) in [5.74, 6) is -0.267. The number of carbonyl (C=O) groups is 2. The number of carbonyl (C=O) groups excluding carboxylic acids is 2. The van der Waals surface area contributed by atoms with E-state index in [1.807, 2.05) is 12.1 Å². The average molecular weight is 354 g/mol. The van der Waals surface area contributed by atoms with E-state index in [1.54, 1.807) is 6.07 Å². The van der Waals surface area contributed by atoms with Crippen molar-refractivity contribution in [3.05, 3.63) is 35.0 Å². The first kappa shape index (κ1) is 17.1. The molecule has 138 valence electrons.